The van der Waals surface area contributed by atoms with Gasteiger partial charge in [-0.15, -0.1) is 0 Å². The quantitative estimate of drug-likeness (QED) is 0.684. The summed E-state index contributed by atoms with van der Waals surface area (Å²) in [4.78, 5) is 19.4. The Bertz CT molecular complexity index is 365. The van der Waals surface area contributed by atoms with Crippen LogP contribution in [-0.2, 0) is 0 Å². The summed E-state index contributed by atoms with van der Waals surface area (Å²) in [5.74, 6) is 0.522. The zero-order valence-corrected chi connectivity index (χ0v) is 9.51. The molecule has 0 aliphatic rings. The third kappa shape index (κ3) is 2.83. The van der Waals surface area contributed by atoms with Crippen molar-refractivity contribution >= 4 is 11.9 Å². The fraction of sp³-hybridized carbons (Fsp3) is 0.400. The lowest BCUT2D eigenvalue weighted by Gasteiger charge is -2.12. The van der Waals surface area contributed by atoms with Crippen molar-refractivity contribution in [2.75, 3.05) is 33.1 Å². The molecular formula is C10H16N4O. The Labute approximate surface area is 89.6 Å². The lowest BCUT2D eigenvalue weighted by molar-refractivity contribution is 0.0969. The molecule has 15 heavy (non-hydrogen) atoms. The zero-order chi connectivity index (χ0) is 11.4. The van der Waals surface area contributed by atoms with Crippen LogP contribution in [0.4, 0.5) is 5.95 Å². The van der Waals surface area contributed by atoms with Crippen LogP contribution in [0.5, 0.6) is 0 Å². The van der Waals surface area contributed by atoms with E-state index in [1.54, 1.807) is 23.5 Å². The number of hydrogen-bond donors (Lipinski definition) is 0. The predicted octanol–water partition coefficient (Wildman–Crippen LogP) is 0.665. The van der Waals surface area contributed by atoms with Crippen LogP contribution < -0.4 is 4.90 Å². The first-order chi connectivity index (χ1) is 7.02. The van der Waals surface area contributed by atoms with Gasteiger partial charge in [-0.05, 0) is 0 Å². The molecule has 0 fully saturated rings. The number of anilines is 1. The first-order valence-electron chi connectivity index (χ1n) is 4.62. The second-order valence-corrected chi connectivity index (χ2v) is 3.61. The molecular weight excluding hydrogens is 192 g/mol. The third-order valence-corrected chi connectivity index (χ3v) is 1.77. The van der Waals surface area contributed by atoms with Crippen molar-refractivity contribution in [1.29, 1.82) is 0 Å². The van der Waals surface area contributed by atoms with Crippen LogP contribution in [0.25, 0.3) is 0 Å². The van der Waals surface area contributed by atoms with Gasteiger partial charge in [-0.1, -0.05) is 0 Å². The molecule has 82 valence electrons. The molecule has 1 aromatic heterocycles. The molecule has 0 N–H and O–H groups in total. The highest BCUT2D eigenvalue weighted by Gasteiger charge is 2.08. The minimum Gasteiger partial charge on any atom is -0.383 e. The number of imidazole rings is 1. The number of allylic oxidation sites excluding steroid dienone is 1. The van der Waals surface area contributed by atoms with Gasteiger partial charge in [0.2, 0.25) is 5.95 Å². The molecule has 0 aromatic carbocycles. The van der Waals surface area contributed by atoms with Gasteiger partial charge in [0.25, 0.3) is 5.91 Å². The van der Waals surface area contributed by atoms with E-state index in [2.05, 4.69) is 4.98 Å². The zero-order valence-electron chi connectivity index (χ0n) is 9.51. The second-order valence-electron chi connectivity index (χ2n) is 3.61. The molecule has 0 radical (unpaired) electrons. The molecule has 1 heterocycles. The minimum absolute atomic E-state index is 0.107. The molecule has 0 saturated carbocycles. The Morgan fingerprint density at radius 1 is 1.40 bits per heavy atom. The Kier molecular flexibility index (Phi) is 3.49. The minimum atomic E-state index is -0.107. The SMILES string of the molecule is CN(C)C=CC(=O)n1ccnc1N(C)C. The lowest BCUT2D eigenvalue weighted by Crippen LogP contribution is -2.19. The summed E-state index contributed by atoms with van der Waals surface area (Å²) >= 11 is 0. The number of rotatable bonds is 3. The first kappa shape index (κ1) is 11.3. The van der Waals surface area contributed by atoms with E-state index in [9.17, 15) is 4.79 Å². The highest BCUT2D eigenvalue weighted by atomic mass is 16.2. The Morgan fingerprint density at radius 2 is 2.07 bits per heavy atom. The monoisotopic (exact) mass is 208 g/mol. The fourth-order valence-corrected chi connectivity index (χ4v) is 1.09. The number of hydrogen-bond acceptors (Lipinski definition) is 4. The molecule has 5 heteroatoms. The first-order valence-corrected chi connectivity index (χ1v) is 4.62. The number of carbonyl (C=O) groups is 1. The molecule has 0 spiro atoms. The number of aromatic nitrogens is 2. The van der Waals surface area contributed by atoms with Crippen molar-refractivity contribution in [2.24, 2.45) is 0 Å². The molecule has 0 aliphatic carbocycles. The third-order valence-electron chi connectivity index (χ3n) is 1.77. The van der Waals surface area contributed by atoms with Crippen LogP contribution >= 0.6 is 0 Å². The highest BCUT2D eigenvalue weighted by Crippen LogP contribution is 2.07. The predicted molar refractivity (Wildman–Crippen MR) is 60.0 cm³/mol. The van der Waals surface area contributed by atoms with Gasteiger partial charge in [0, 0.05) is 52.9 Å². The molecule has 0 aliphatic heterocycles. The molecule has 0 bridgehead atoms. The van der Waals surface area contributed by atoms with Crippen LogP contribution in [0.1, 0.15) is 4.79 Å². The van der Waals surface area contributed by atoms with Gasteiger partial charge >= 0.3 is 0 Å². The van der Waals surface area contributed by atoms with E-state index in [1.807, 2.05) is 33.1 Å². The molecule has 0 atom stereocenters. The van der Waals surface area contributed by atoms with Crippen molar-refractivity contribution in [2.45, 2.75) is 0 Å². The standard InChI is InChI=1S/C10H16N4O/c1-12(2)7-5-9(15)14-8-6-11-10(14)13(3)4/h5-8H,1-4H3. The molecule has 0 saturated heterocycles. The van der Waals surface area contributed by atoms with E-state index < -0.39 is 0 Å². The molecule has 1 aromatic rings. The maximum absolute atomic E-state index is 11.7. The largest absolute Gasteiger partial charge is 0.383 e. The van der Waals surface area contributed by atoms with E-state index in [0.717, 1.165) is 0 Å². The average molecular weight is 208 g/mol. The Balaban J connectivity index is 2.87. The smallest absolute Gasteiger partial charge is 0.258 e. The van der Waals surface area contributed by atoms with Gasteiger partial charge < -0.3 is 9.80 Å². The second kappa shape index (κ2) is 4.63. The lowest BCUT2D eigenvalue weighted by atomic mass is 10.5. The normalized spacial score (nSPS) is 10.7. The summed E-state index contributed by atoms with van der Waals surface area (Å²) in [6, 6.07) is 0. The van der Waals surface area contributed by atoms with Gasteiger partial charge in [-0.25, -0.2) is 4.98 Å². The van der Waals surface area contributed by atoms with Crippen molar-refractivity contribution in [1.82, 2.24) is 14.5 Å². The van der Waals surface area contributed by atoms with Crippen LogP contribution in [0, 0.1) is 0 Å². The van der Waals surface area contributed by atoms with Gasteiger partial charge in [0.05, 0.1) is 0 Å². The summed E-state index contributed by atoms with van der Waals surface area (Å²) in [7, 11) is 7.43. The van der Waals surface area contributed by atoms with Crippen LogP contribution in [0.3, 0.4) is 0 Å². The molecule has 0 unspecified atom stereocenters. The molecule has 0 amide bonds. The van der Waals surface area contributed by atoms with Crippen molar-refractivity contribution < 1.29 is 4.79 Å². The maximum atomic E-state index is 11.7. The van der Waals surface area contributed by atoms with E-state index in [-0.39, 0.29) is 5.91 Å². The molecule has 1 rings (SSSR count). The fourth-order valence-electron chi connectivity index (χ4n) is 1.09. The highest BCUT2D eigenvalue weighted by molar-refractivity contribution is 5.91. The van der Waals surface area contributed by atoms with Gasteiger partial charge in [-0.3, -0.25) is 9.36 Å². The Hall–Kier alpha value is -1.78. The van der Waals surface area contributed by atoms with Crippen LogP contribution in [0.15, 0.2) is 24.7 Å². The van der Waals surface area contributed by atoms with Crippen molar-refractivity contribution in [3.05, 3.63) is 24.7 Å². The average Bonchev–Trinajstić information content (AvgIpc) is 2.62. The topological polar surface area (TPSA) is 41.4 Å². The summed E-state index contributed by atoms with van der Waals surface area (Å²) < 4.78 is 1.50. The van der Waals surface area contributed by atoms with E-state index in [4.69, 9.17) is 0 Å². The number of nitrogens with zero attached hydrogens (tertiary/aromatic N) is 4. The van der Waals surface area contributed by atoms with Gasteiger partial charge in [0.15, 0.2) is 0 Å². The summed E-state index contributed by atoms with van der Waals surface area (Å²) in [5, 5.41) is 0. The van der Waals surface area contributed by atoms with Crippen molar-refractivity contribution in [3.8, 4) is 0 Å². The van der Waals surface area contributed by atoms with E-state index >= 15 is 0 Å². The maximum Gasteiger partial charge on any atom is 0.258 e. The Morgan fingerprint density at radius 3 is 2.60 bits per heavy atom. The summed E-state index contributed by atoms with van der Waals surface area (Å²) in [6.07, 6.45) is 6.48. The van der Waals surface area contributed by atoms with Crippen LogP contribution in [-0.4, -0.2) is 48.5 Å². The molecule has 5 nitrogen and oxygen atoms in total. The van der Waals surface area contributed by atoms with Crippen LogP contribution in [0.2, 0.25) is 0 Å². The van der Waals surface area contributed by atoms with Gasteiger partial charge in [0.1, 0.15) is 0 Å². The summed E-state index contributed by atoms with van der Waals surface area (Å²) in [6.45, 7) is 0. The number of carbonyl (C=O) groups excluding carboxylic acids is 1. The van der Waals surface area contributed by atoms with Crippen molar-refractivity contribution in [3.63, 3.8) is 0 Å². The summed E-state index contributed by atoms with van der Waals surface area (Å²) in [5.41, 5.74) is 0. The van der Waals surface area contributed by atoms with E-state index in [1.165, 1.54) is 10.6 Å². The van der Waals surface area contributed by atoms with E-state index in [0.29, 0.717) is 5.95 Å². The van der Waals surface area contributed by atoms with Gasteiger partial charge in [-0.2, -0.15) is 0 Å².